The first-order valence-corrected chi connectivity index (χ1v) is 8.84. The molecule has 0 N–H and O–H groups in total. The minimum atomic E-state index is -0.0901. The van der Waals surface area contributed by atoms with Gasteiger partial charge >= 0.3 is 0 Å². The van der Waals surface area contributed by atoms with E-state index in [-0.39, 0.29) is 17.4 Å². The van der Waals surface area contributed by atoms with Crippen LogP contribution in [0, 0.1) is 5.92 Å². The second-order valence-corrected chi connectivity index (χ2v) is 7.69. The van der Waals surface area contributed by atoms with Gasteiger partial charge in [0.25, 0.3) is 0 Å². The van der Waals surface area contributed by atoms with E-state index in [0.29, 0.717) is 0 Å². The van der Waals surface area contributed by atoms with E-state index in [1.807, 2.05) is 23.7 Å². The van der Waals surface area contributed by atoms with Crippen molar-refractivity contribution in [2.24, 2.45) is 13.0 Å². The van der Waals surface area contributed by atoms with Gasteiger partial charge in [0.1, 0.15) is 0 Å². The van der Waals surface area contributed by atoms with Crippen LogP contribution in [-0.4, -0.2) is 76.1 Å². The van der Waals surface area contributed by atoms with Gasteiger partial charge in [0.2, 0.25) is 5.91 Å². The van der Waals surface area contributed by atoms with Gasteiger partial charge in [-0.05, 0) is 26.7 Å². The Balaban J connectivity index is 1.51. The second kappa shape index (κ2) is 6.80. The summed E-state index contributed by atoms with van der Waals surface area (Å²) in [6.07, 6.45) is 2.48. The van der Waals surface area contributed by atoms with Crippen LogP contribution in [0.15, 0.2) is 0 Å². The lowest BCUT2D eigenvalue weighted by Gasteiger charge is -2.39. The van der Waals surface area contributed by atoms with E-state index >= 15 is 0 Å². The summed E-state index contributed by atoms with van der Waals surface area (Å²) in [6, 6.07) is 0. The predicted molar refractivity (Wildman–Crippen MR) is 90.6 cm³/mol. The van der Waals surface area contributed by atoms with Gasteiger partial charge in [-0.1, -0.05) is 5.21 Å². The number of amides is 1. The van der Waals surface area contributed by atoms with Gasteiger partial charge < -0.3 is 9.64 Å². The molecule has 7 heteroatoms. The Morgan fingerprint density at radius 1 is 1.46 bits per heavy atom. The molecule has 1 atom stereocenters. The molecule has 3 rings (SSSR count). The van der Waals surface area contributed by atoms with Gasteiger partial charge in [-0.15, -0.1) is 5.10 Å². The highest BCUT2D eigenvalue weighted by molar-refractivity contribution is 5.79. The third kappa shape index (κ3) is 3.78. The topological polar surface area (TPSA) is 63.5 Å². The molecule has 1 aromatic rings. The molecule has 7 nitrogen and oxygen atoms in total. The van der Waals surface area contributed by atoms with Crippen molar-refractivity contribution in [3.8, 4) is 0 Å². The van der Waals surface area contributed by atoms with Crippen LogP contribution in [0.5, 0.6) is 0 Å². The van der Waals surface area contributed by atoms with Crippen LogP contribution in [-0.2, 0) is 29.4 Å². The third-order valence-electron chi connectivity index (χ3n) is 5.17. The number of nitrogens with zero attached hydrogens (tertiary/aromatic N) is 5. The van der Waals surface area contributed by atoms with Gasteiger partial charge in [-0.25, -0.2) is 0 Å². The van der Waals surface area contributed by atoms with Crippen molar-refractivity contribution < 1.29 is 9.53 Å². The van der Waals surface area contributed by atoms with E-state index < -0.39 is 0 Å². The molecule has 0 spiro atoms. The van der Waals surface area contributed by atoms with Crippen molar-refractivity contribution in [1.29, 1.82) is 0 Å². The second-order valence-electron chi connectivity index (χ2n) is 7.69. The van der Waals surface area contributed by atoms with E-state index in [1.165, 1.54) is 0 Å². The molecule has 0 aromatic carbocycles. The fourth-order valence-electron chi connectivity index (χ4n) is 3.74. The van der Waals surface area contributed by atoms with E-state index in [9.17, 15) is 4.79 Å². The largest absolute Gasteiger partial charge is 0.373 e. The average Bonchev–Trinajstić information content (AvgIpc) is 2.92. The number of hydrogen-bond donors (Lipinski definition) is 0. The highest BCUT2D eigenvalue weighted by atomic mass is 16.5. The summed E-state index contributed by atoms with van der Waals surface area (Å²) in [5, 5.41) is 8.25. The summed E-state index contributed by atoms with van der Waals surface area (Å²) in [5.74, 6) is 0.301. The van der Waals surface area contributed by atoms with Gasteiger partial charge in [0.05, 0.1) is 23.6 Å². The number of carbonyl (C=O) groups excluding carboxylic acids is 1. The molecule has 1 amide bonds. The van der Waals surface area contributed by atoms with Gasteiger partial charge in [0, 0.05) is 52.6 Å². The molecule has 2 heterocycles. The van der Waals surface area contributed by atoms with Crippen LogP contribution in [0.2, 0.25) is 0 Å². The lowest BCUT2D eigenvalue weighted by atomic mass is 9.88. The zero-order valence-corrected chi connectivity index (χ0v) is 15.3. The Labute approximate surface area is 143 Å². The highest BCUT2D eigenvalue weighted by Crippen LogP contribution is 2.25. The number of aryl methyl sites for hydroxylation is 2. The average molecular weight is 335 g/mol. The zero-order valence-electron chi connectivity index (χ0n) is 15.3. The number of aromatic nitrogens is 3. The normalized spacial score (nSPS) is 23.8. The Kier molecular flexibility index (Phi) is 4.92. The number of morpholine rings is 1. The van der Waals surface area contributed by atoms with Crippen molar-refractivity contribution in [2.45, 2.75) is 38.7 Å². The van der Waals surface area contributed by atoms with Crippen LogP contribution < -0.4 is 0 Å². The number of rotatable bonds is 4. The van der Waals surface area contributed by atoms with Gasteiger partial charge in [-0.3, -0.25) is 14.4 Å². The minimum absolute atomic E-state index is 0.0563. The molecule has 0 saturated carbocycles. The highest BCUT2D eigenvalue weighted by Gasteiger charge is 2.31. The number of likely N-dealkylation sites (N-methyl/N-ethyl adjacent to an activating group) is 1. The molecular weight excluding hydrogens is 306 g/mol. The van der Waals surface area contributed by atoms with Crippen molar-refractivity contribution in [1.82, 2.24) is 24.8 Å². The number of ether oxygens (including phenoxy) is 1. The number of hydrogen-bond acceptors (Lipinski definition) is 5. The van der Waals surface area contributed by atoms with E-state index in [0.717, 1.165) is 63.4 Å². The van der Waals surface area contributed by atoms with Crippen LogP contribution in [0.4, 0.5) is 0 Å². The summed E-state index contributed by atoms with van der Waals surface area (Å²) in [4.78, 5) is 17.1. The molecule has 134 valence electrons. The summed E-state index contributed by atoms with van der Waals surface area (Å²) in [6.45, 7) is 8.54. The van der Waals surface area contributed by atoms with Crippen LogP contribution in [0.3, 0.4) is 0 Å². The van der Waals surface area contributed by atoms with E-state index in [2.05, 4.69) is 29.1 Å². The maximum atomic E-state index is 12.8. The Bertz CT molecular complexity index is 598. The lowest BCUT2D eigenvalue weighted by molar-refractivity contribution is -0.135. The molecule has 2 aliphatic rings. The number of fused-ring (bicyclic) bond motifs is 1. The van der Waals surface area contributed by atoms with Gasteiger partial charge in [0.15, 0.2) is 0 Å². The Morgan fingerprint density at radius 2 is 2.25 bits per heavy atom. The summed E-state index contributed by atoms with van der Waals surface area (Å²) < 4.78 is 7.56. The monoisotopic (exact) mass is 335 g/mol. The maximum Gasteiger partial charge on any atom is 0.225 e. The smallest absolute Gasteiger partial charge is 0.225 e. The standard InChI is InChI=1S/C17H29N5O2/c1-17(2)12-22(9-10-24-17)8-7-20(3)16(23)13-5-6-14-15(11-13)21(4)19-18-14/h13H,5-12H2,1-4H3. The minimum Gasteiger partial charge on any atom is -0.373 e. The fourth-order valence-corrected chi connectivity index (χ4v) is 3.74. The molecule has 0 radical (unpaired) electrons. The molecule has 24 heavy (non-hydrogen) atoms. The van der Waals surface area contributed by atoms with Crippen LogP contribution in [0.1, 0.15) is 31.7 Å². The fraction of sp³-hybridized carbons (Fsp3) is 0.824. The maximum absolute atomic E-state index is 12.8. The quantitative estimate of drug-likeness (QED) is 0.801. The van der Waals surface area contributed by atoms with Crippen molar-refractivity contribution in [3.63, 3.8) is 0 Å². The summed E-state index contributed by atoms with van der Waals surface area (Å²) in [7, 11) is 3.83. The molecular formula is C17H29N5O2. The van der Waals surface area contributed by atoms with E-state index in [1.54, 1.807) is 0 Å². The van der Waals surface area contributed by atoms with Crippen LogP contribution in [0.25, 0.3) is 0 Å². The molecule has 1 aliphatic carbocycles. The third-order valence-corrected chi connectivity index (χ3v) is 5.17. The van der Waals surface area contributed by atoms with Gasteiger partial charge in [-0.2, -0.15) is 0 Å². The molecule has 1 unspecified atom stereocenters. The first kappa shape index (κ1) is 17.4. The summed E-state index contributed by atoms with van der Waals surface area (Å²) >= 11 is 0. The first-order valence-electron chi connectivity index (χ1n) is 8.84. The Morgan fingerprint density at radius 3 is 3.00 bits per heavy atom. The van der Waals surface area contributed by atoms with E-state index in [4.69, 9.17) is 4.74 Å². The molecule has 1 saturated heterocycles. The predicted octanol–water partition coefficient (Wildman–Crippen LogP) is 0.489. The summed E-state index contributed by atoms with van der Waals surface area (Å²) in [5.41, 5.74) is 2.08. The molecule has 1 aromatic heterocycles. The molecule has 0 bridgehead atoms. The van der Waals surface area contributed by atoms with Crippen molar-refractivity contribution in [2.75, 3.05) is 39.8 Å². The molecule has 1 fully saturated rings. The van der Waals surface area contributed by atoms with Crippen molar-refractivity contribution in [3.05, 3.63) is 11.4 Å². The SMILES string of the molecule is CN(CCN1CCOC(C)(C)C1)C(=O)C1CCc2nnn(C)c2C1. The zero-order chi connectivity index (χ0) is 17.3. The van der Waals surface area contributed by atoms with Crippen molar-refractivity contribution >= 4 is 5.91 Å². The number of carbonyl (C=O) groups is 1. The van der Waals surface area contributed by atoms with Crippen LogP contribution >= 0.6 is 0 Å². The first-order chi connectivity index (χ1) is 11.4. The Hall–Kier alpha value is -1.47. The lowest BCUT2D eigenvalue weighted by Crippen LogP contribution is -2.50. The molecule has 1 aliphatic heterocycles.